The van der Waals surface area contributed by atoms with Crippen molar-refractivity contribution >= 4 is 23.2 Å². The fourth-order valence-electron chi connectivity index (χ4n) is 2.11. The van der Waals surface area contributed by atoms with E-state index in [2.05, 4.69) is 10.6 Å². The second kappa shape index (κ2) is 8.15. The molecule has 2 N–H and O–H groups in total. The maximum Gasteiger partial charge on any atom is 0.314 e. The van der Waals surface area contributed by atoms with Crippen molar-refractivity contribution in [1.82, 2.24) is 0 Å². The van der Waals surface area contributed by atoms with Gasteiger partial charge >= 0.3 is 11.8 Å². The molecule has 138 valence electrons. The lowest BCUT2D eigenvalue weighted by molar-refractivity contribution is -0.133. The number of ether oxygens (including phenoxy) is 3. The van der Waals surface area contributed by atoms with Crippen LogP contribution in [0.1, 0.15) is 0 Å². The molecule has 0 aromatic heterocycles. The van der Waals surface area contributed by atoms with E-state index in [0.29, 0.717) is 11.8 Å². The average molecular weight is 366 g/mol. The Labute approximate surface area is 147 Å². The van der Waals surface area contributed by atoms with Crippen molar-refractivity contribution in [3.05, 3.63) is 42.0 Å². The van der Waals surface area contributed by atoms with E-state index in [4.69, 9.17) is 14.2 Å². The molecular formula is C17H16F2N2O5. The quantitative estimate of drug-likeness (QED) is 0.795. The molecule has 0 bridgehead atoms. The zero-order valence-electron chi connectivity index (χ0n) is 14.2. The van der Waals surface area contributed by atoms with E-state index in [1.807, 2.05) is 0 Å². The molecule has 0 saturated heterocycles. The summed E-state index contributed by atoms with van der Waals surface area (Å²) in [7, 11) is 4.21. The number of nitrogens with one attached hydrogen (secondary N) is 2. The summed E-state index contributed by atoms with van der Waals surface area (Å²) >= 11 is 0. The molecule has 0 aliphatic heterocycles. The first-order chi connectivity index (χ1) is 12.4. The number of rotatable bonds is 5. The molecule has 0 radical (unpaired) electrons. The van der Waals surface area contributed by atoms with Gasteiger partial charge in [-0.05, 0) is 12.1 Å². The smallest absolute Gasteiger partial charge is 0.314 e. The van der Waals surface area contributed by atoms with Gasteiger partial charge in [-0.3, -0.25) is 9.59 Å². The summed E-state index contributed by atoms with van der Waals surface area (Å²) in [6.45, 7) is 0. The Bertz CT molecular complexity index is 817. The Kier molecular flexibility index (Phi) is 5.94. The Morgan fingerprint density at radius 3 is 1.92 bits per heavy atom. The van der Waals surface area contributed by atoms with Gasteiger partial charge < -0.3 is 24.8 Å². The highest BCUT2D eigenvalue weighted by Gasteiger charge is 2.19. The maximum atomic E-state index is 13.5. The fourth-order valence-corrected chi connectivity index (χ4v) is 2.11. The van der Waals surface area contributed by atoms with Crippen LogP contribution < -0.4 is 24.8 Å². The molecule has 7 nitrogen and oxygen atoms in total. The van der Waals surface area contributed by atoms with Crippen molar-refractivity contribution in [2.45, 2.75) is 0 Å². The Hall–Kier alpha value is -3.36. The van der Waals surface area contributed by atoms with Crippen molar-refractivity contribution < 1.29 is 32.6 Å². The molecule has 2 rings (SSSR count). The van der Waals surface area contributed by atoms with Gasteiger partial charge in [0.25, 0.3) is 0 Å². The highest BCUT2D eigenvalue weighted by Crippen LogP contribution is 2.39. The summed E-state index contributed by atoms with van der Waals surface area (Å²) < 4.78 is 41.9. The van der Waals surface area contributed by atoms with Gasteiger partial charge in [0, 0.05) is 23.9 Å². The van der Waals surface area contributed by atoms with Crippen LogP contribution in [0.3, 0.4) is 0 Å². The minimum absolute atomic E-state index is 0.194. The molecule has 9 heteroatoms. The second-order valence-corrected chi connectivity index (χ2v) is 4.95. The van der Waals surface area contributed by atoms with Gasteiger partial charge in [0.1, 0.15) is 11.6 Å². The van der Waals surface area contributed by atoms with E-state index in [1.165, 1.54) is 33.5 Å². The Morgan fingerprint density at radius 1 is 0.846 bits per heavy atom. The molecule has 0 atom stereocenters. The van der Waals surface area contributed by atoms with Crippen molar-refractivity contribution in [1.29, 1.82) is 0 Å². The Balaban J connectivity index is 2.17. The SMILES string of the molecule is COc1cc(NC(=O)C(=O)Nc2ccc(F)cc2F)cc(OC)c1OC. The summed E-state index contributed by atoms with van der Waals surface area (Å²) in [4.78, 5) is 23.9. The van der Waals surface area contributed by atoms with Crippen LogP contribution in [0.15, 0.2) is 30.3 Å². The van der Waals surface area contributed by atoms with Crippen LogP contribution in [-0.2, 0) is 9.59 Å². The topological polar surface area (TPSA) is 85.9 Å². The summed E-state index contributed by atoms with van der Waals surface area (Å²) in [5.74, 6) is -3.15. The molecule has 0 saturated carbocycles. The molecule has 2 amide bonds. The lowest BCUT2D eigenvalue weighted by Gasteiger charge is -2.14. The zero-order valence-corrected chi connectivity index (χ0v) is 14.2. The fraction of sp³-hybridized carbons (Fsp3) is 0.176. The van der Waals surface area contributed by atoms with E-state index in [0.717, 1.165) is 12.1 Å². The predicted octanol–water partition coefficient (Wildman–Crippen LogP) is 2.57. The van der Waals surface area contributed by atoms with Crippen LogP contribution in [0.5, 0.6) is 17.2 Å². The normalized spacial score (nSPS) is 10.0. The molecule has 2 aromatic carbocycles. The maximum absolute atomic E-state index is 13.5. The standard InChI is InChI=1S/C17H16F2N2O5/c1-24-13-7-10(8-14(25-2)15(13)26-3)20-16(22)17(23)21-12-5-4-9(18)6-11(12)19/h4-8H,1-3H3,(H,20,22)(H,21,23). The average Bonchev–Trinajstić information content (AvgIpc) is 2.62. The highest BCUT2D eigenvalue weighted by atomic mass is 19.1. The first-order valence-corrected chi connectivity index (χ1v) is 7.27. The van der Waals surface area contributed by atoms with Gasteiger partial charge in [-0.2, -0.15) is 0 Å². The molecule has 0 aliphatic rings. The number of carbonyl (C=O) groups is 2. The van der Waals surface area contributed by atoms with Crippen molar-refractivity contribution in [2.24, 2.45) is 0 Å². The number of halogens is 2. The van der Waals surface area contributed by atoms with Gasteiger partial charge in [0.05, 0.1) is 27.0 Å². The third-order valence-electron chi connectivity index (χ3n) is 3.31. The molecule has 26 heavy (non-hydrogen) atoms. The Morgan fingerprint density at radius 2 is 1.42 bits per heavy atom. The lowest BCUT2D eigenvalue weighted by Crippen LogP contribution is -2.29. The number of methoxy groups -OCH3 is 3. The summed E-state index contributed by atoms with van der Waals surface area (Å²) in [6.07, 6.45) is 0. The third-order valence-corrected chi connectivity index (χ3v) is 3.31. The number of hydrogen-bond acceptors (Lipinski definition) is 5. The van der Waals surface area contributed by atoms with Gasteiger partial charge in [0.2, 0.25) is 5.75 Å². The van der Waals surface area contributed by atoms with Gasteiger partial charge in [-0.15, -0.1) is 0 Å². The van der Waals surface area contributed by atoms with Gasteiger partial charge in [0.15, 0.2) is 11.5 Å². The zero-order chi connectivity index (χ0) is 19.3. The second-order valence-electron chi connectivity index (χ2n) is 4.95. The van der Waals surface area contributed by atoms with Crippen LogP contribution in [0.4, 0.5) is 20.2 Å². The van der Waals surface area contributed by atoms with E-state index in [-0.39, 0.29) is 22.9 Å². The number of amides is 2. The van der Waals surface area contributed by atoms with Crippen molar-refractivity contribution in [3.8, 4) is 17.2 Å². The van der Waals surface area contributed by atoms with Crippen molar-refractivity contribution in [2.75, 3.05) is 32.0 Å². The highest BCUT2D eigenvalue weighted by molar-refractivity contribution is 6.43. The summed E-state index contributed by atoms with van der Waals surface area (Å²) in [5.41, 5.74) is -0.129. The van der Waals surface area contributed by atoms with E-state index < -0.39 is 23.4 Å². The third kappa shape index (κ3) is 4.18. The van der Waals surface area contributed by atoms with Crippen LogP contribution in [-0.4, -0.2) is 33.1 Å². The van der Waals surface area contributed by atoms with Gasteiger partial charge in [-0.25, -0.2) is 8.78 Å². The van der Waals surface area contributed by atoms with Gasteiger partial charge in [-0.1, -0.05) is 0 Å². The summed E-state index contributed by atoms with van der Waals surface area (Å²) in [6, 6.07) is 5.40. The molecule has 2 aromatic rings. The van der Waals surface area contributed by atoms with E-state index in [1.54, 1.807) is 0 Å². The monoisotopic (exact) mass is 366 g/mol. The molecule has 0 heterocycles. The van der Waals surface area contributed by atoms with Crippen LogP contribution in [0.2, 0.25) is 0 Å². The lowest BCUT2D eigenvalue weighted by atomic mass is 10.2. The largest absolute Gasteiger partial charge is 0.493 e. The van der Waals surface area contributed by atoms with Crippen LogP contribution in [0, 0.1) is 11.6 Å². The van der Waals surface area contributed by atoms with Crippen molar-refractivity contribution in [3.63, 3.8) is 0 Å². The first kappa shape index (κ1) is 19.0. The molecule has 0 fully saturated rings. The number of benzene rings is 2. The van der Waals surface area contributed by atoms with Crippen LogP contribution in [0.25, 0.3) is 0 Å². The molecule has 0 aliphatic carbocycles. The minimum Gasteiger partial charge on any atom is -0.493 e. The summed E-state index contributed by atoms with van der Waals surface area (Å²) in [5, 5.41) is 4.39. The minimum atomic E-state index is -1.13. The van der Waals surface area contributed by atoms with Crippen LogP contribution >= 0.6 is 0 Å². The first-order valence-electron chi connectivity index (χ1n) is 7.27. The number of hydrogen-bond donors (Lipinski definition) is 2. The molecular weight excluding hydrogens is 350 g/mol. The number of carbonyl (C=O) groups excluding carboxylic acids is 2. The molecule has 0 unspecified atom stereocenters. The number of anilines is 2. The predicted molar refractivity (Wildman–Crippen MR) is 89.7 cm³/mol. The van der Waals surface area contributed by atoms with E-state index >= 15 is 0 Å². The molecule has 0 spiro atoms. The van der Waals surface area contributed by atoms with E-state index in [9.17, 15) is 18.4 Å².